The Morgan fingerprint density at radius 1 is 0.306 bits per heavy atom. The molecular weight excluding hydrogens is 757 g/mol. The predicted molar refractivity (Wildman–Crippen MR) is 252 cm³/mol. The number of anilines is 6. The molecule has 0 bridgehead atoms. The Bertz CT molecular complexity index is 3540. The third-order valence-corrected chi connectivity index (χ3v) is 14.3. The second-order valence-electron chi connectivity index (χ2n) is 17.5. The van der Waals surface area contributed by atoms with Crippen molar-refractivity contribution in [3.05, 3.63) is 214 Å². The van der Waals surface area contributed by atoms with E-state index in [1.807, 2.05) is 0 Å². The molecule has 11 aromatic rings. The van der Waals surface area contributed by atoms with E-state index < -0.39 is 0 Å². The maximum atomic E-state index is 6.64. The molecule has 0 unspecified atom stereocenters. The van der Waals surface area contributed by atoms with Gasteiger partial charge in [0.05, 0.1) is 22.7 Å². The highest BCUT2D eigenvalue weighted by Gasteiger charge is 2.38. The van der Waals surface area contributed by atoms with Gasteiger partial charge in [-0.1, -0.05) is 133 Å². The van der Waals surface area contributed by atoms with Gasteiger partial charge in [-0.15, -0.1) is 0 Å². The summed E-state index contributed by atoms with van der Waals surface area (Å²) < 4.78 is 13.3. The molecule has 0 N–H and O–H groups in total. The van der Waals surface area contributed by atoms with Gasteiger partial charge in [-0.3, -0.25) is 0 Å². The highest BCUT2D eigenvalue weighted by molar-refractivity contribution is 6.12. The normalized spacial score (nSPS) is 14.1. The second-order valence-corrected chi connectivity index (χ2v) is 17.5. The predicted octanol–water partition coefficient (Wildman–Crippen LogP) is 15.4. The van der Waals surface area contributed by atoms with Gasteiger partial charge in [0, 0.05) is 69.7 Å². The average molecular weight is 793 g/mol. The average Bonchev–Trinajstić information content (AvgIpc) is 3.90. The maximum absolute atomic E-state index is 6.64. The zero-order valence-corrected chi connectivity index (χ0v) is 33.7. The molecule has 0 fully saturated rings. The van der Waals surface area contributed by atoms with E-state index in [1.54, 1.807) is 0 Å². The van der Waals surface area contributed by atoms with Crippen LogP contribution in [0.4, 0.5) is 34.1 Å². The third kappa shape index (κ3) is 4.31. The van der Waals surface area contributed by atoms with Crippen molar-refractivity contribution in [2.24, 2.45) is 0 Å². The highest BCUT2D eigenvalue weighted by Crippen LogP contribution is 2.58. The molecule has 0 amide bonds. The van der Waals surface area contributed by atoms with Gasteiger partial charge < -0.3 is 18.6 Å². The van der Waals surface area contributed by atoms with E-state index in [0.29, 0.717) is 0 Å². The Kier molecular flexibility index (Phi) is 6.34. The van der Waals surface area contributed by atoms with E-state index >= 15 is 0 Å². The topological polar surface area (TPSA) is 32.8 Å². The standard InChI is InChI=1S/C58H36N2O2/c1-5-19-49-33(11-1)29-47-39(43-15-9-17-45-41-13-3-7-21-53(41)61-57(43)45)25-23-35-27-37-32-52-38(31-51(37)59(49)55(35)47)28-36-24-26-40(48-30-34-12-2-6-20-50(34)60(52)56(36)48)44-16-10-18-46-42-14-4-8-22-54(42)62-58(44)46/h1-26,31-32H,27-30H2. The van der Waals surface area contributed by atoms with Crippen molar-refractivity contribution >= 4 is 78.0 Å². The fourth-order valence-corrected chi connectivity index (χ4v) is 11.6. The van der Waals surface area contributed by atoms with Crippen LogP contribution in [0.3, 0.4) is 0 Å². The van der Waals surface area contributed by atoms with Crippen LogP contribution in [0.2, 0.25) is 0 Å². The maximum Gasteiger partial charge on any atom is 0.143 e. The van der Waals surface area contributed by atoms with Crippen LogP contribution in [-0.4, -0.2) is 0 Å². The third-order valence-electron chi connectivity index (χ3n) is 14.3. The van der Waals surface area contributed by atoms with E-state index in [9.17, 15) is 0 Å². The highest BCUT2D eigenvalue weighted by atomic mass is 16.3. The molecule has 0 aliphatic carbocycles. The van der Waals surface area contributed by atoms with Crippen LogP contribution in [0.5, 0.6) is 0 Å². The molecule has 2 aromatic heterocycles. The summed E-state index contributed by atoms with van der Waals surface area (Å²) in [5.74, 6) is 0. The molecule has 0 atom stereocenters. The molecule has 0 saturated heterocycles. The Balaban J connectivity index is 0.925. The minimum absolute atomic E-state index is 0.863. The lowest BCUT2D eigenvalue weighted by atomic mass is 9.80. The summed E-state index contributed by atoms with van der Waals surface area (Å²) in [7, 11) is 0. The number of nitrogens with zero attached hydrogens (tertiary/aromatic N) is 2. The van der Waals surface area contributed by atoms with Gasteiger partial charge in [-0.25, -0.2) is 0 Å². The van der Waals surface area contributed by atoms with Crippen molar-refractivity contribution in [1.82, 2.24) is 0 Å². The van der Waals surface area contributed by atoms with Crippen molar-refractivity contribution in [2.75, 3.05) is 9.80 Å². The number of hydrogen-bond donors (Lipinski definition) is 0. The number of benzene rings is 9. The fraction of sp³-hybridized carbons (Fsp3) is 0.0690. The molecule has 4 heteroatoms. The summed E-state index contributed by atoms with van der Waals surface area (Å²) in [4.78, 5) is 5.18. The Morgan fingerprint density at radius 2 is 0.742 bits per heavy atom. The van der Waals surface area contributed by atoms with Crippen LogP contribution in [-0.2, 0) is 25.7 Å². The van der Waals surface area contributed by atoms with Crippen molar-refractivity contribution in [3.8, 4) is 22.3 Å². The summed E-state index contributed by atoms with van der Waals surface area (Å²) in [6, 6.07) is 62.6. The molecular formula is C58H36N2O2. The van der Waals surface area contributed by atoms with Crippen LogP contribution in [0.1, 0.15) is 44.5 Å². The molecule has 4 nitrogen and oxygen atoms in total. The van der Waals surface area contributed by atoms with Crippen molar-refractivity contribution in [2.45, 2.75) is 25.7 Å². The molecule has 6 heterocycles. The lowest BCUT2D eigenvalue weighted by molar-refractivity contribution is 0.669. The summed E-state index contributed by atoms with van der Waals surface area (Å²) in [6.07, 6.45) is 3.46. The molecule has 9 aromatic carbocycles. The van der Waals surface area contributed by atoms with Crippen molar-refractivity contribution in [1.29, 1.82) is 0 Å². The van der Waals surface area contributed by atoms with Crippen LogP contribution in [0, 0.1) is 0 Å². The Morgan fingerprint density at radius 3 is 1.24 bits per heavy atom. The molecule has 15 rings (SSSR count). The number of furan rings is 2. The SMILES string of the molecule is c1ccc2c(c1)Cc1c(-c3cccc4c3oc3ccccc34)ccc3c1N2c1cc2c(cc1C3)N1c3ccccc3Cc3c(-c4cccc5c4oc4ccccc45)ccc(c31)C2. The number of rotatable bonds is 2. The van der Waals surface area contributed by atoms with Crippen molar-refractivity contribution < 1.29 is 8.83 Å². The largest absolute Gasteiger partial charge is 0.455 e. The Labute approximate surface area is 357 Å². The van der Waals surface area contributed by atoms with E-state index in [2.05, 4.69) is 180 Å². The van der Waals surface area contributed by atoms with E-state index in [0.717, 1.165) is 80.7 Å². The van der Waals surface area contributed by atoms with Crippen LogP contribution < -0.4 is 9.80 Å². The summed E-state index contributed by atoms with van der Waals surface area (Å²) in [5, 5.41) is 4.64. The molecule has 4 aliphatic rings. The molecule has 0 spiro atoms. The van der Waals surface area contributed by atoms with Gasteiger partial charge in [0.2, 0.25) is 0 Å². The van der Waals surface area contributed by atoms with Gasteiger partial charge in [-0.05, 0) is 92.0 Å². The molecule has 0 saturated carbocycles. The molecule has 62 heavy (non-hydrogen) atoms. The lowest BCUT2D eigenvalue weighted by Crippen LogP contribution is -2.28. The van der Waals surface area contributed by atoms with E-state index in [1.165, 1.54) is 89.8 Å². The smallest absolute Gasteiger partial charge is 0.143 e. The first kappa shape index (κ1) is 33.0. The minimum atomic E-state index is 0.863. The first-order chi connectivity index (χ1) is 30.7. The second kappa shape index (κ2) is 11.9. The first-order valence-corrected chi connectivity index (χ1v) is 21.8. The van der Waals surface area contributed by atoms with Crippen LogP contribution in [0.15, 0.2) is 179 Å². The summed E-state index contributed by atoms with van der Waals surface area (Å²) >= 11 is 0. The van der Waals surface area contributed by atoms with Crippen molar-refractivity contribution in [3.63, 3.8) is 0 Å². The van der Waals surface area contributed by atoms with Gasteiger partial charge in [0.1, 0.15) is 22.3 Å². The van der Waals surface area contributed by atoms with Gasteiger partial charge >= 0.3 is 0 Å². The quantitative estimate of drug-likeness (QED) is 0.175. The van der Waals surface area contributed by atoms with Gasteiger partial charge in [0.15, 0.2) is 0 Å². The zero-order valence-electron chi connectivity index (χ0n) is 33.7. The van der Waals surface area contributed by atoms with E-state index in [-0.39, 0.29) is 0 Å². The van der Waals surface area contributed by atoms with Crippen LogP contribution in [0.25, 0.3) is 66.1 Å². The number of para-hydroxylation sites is 6. The first-order valence-electron chi connectivity index (χ1n) is 21.8. The number of hydrogen-bond acceptors (Lipinski definition) is 4. The van der Waals surface area contributed by atoms with E-state index in [4.69, 9.17) is 8.83 Å². The van der Waals surface area contributed by atoms with Gasteiger partial charge in [-0.2, -0.15) is 0 Å². The van der Waals surface area contributed by atoms with Crippen LogP contribution >= 0.6 is 0 Å². The molecule has 4 aliphatic heterocycles. The molecule has 0 radical (unpaired) electrons. The zero-order chi connectivity index (χ0) is 40.2. The monoisotopic (exact) mass is 792 g/mol. The van der Waals surface area contributed by atoms with Gasteiger partial charge in [0.25, 0.3) is 0 Å². The molecule has 290 valence electrons. The summed E-state index contributed by atoms with van der Waals surface area (Å²) in [5.41, 5.74) is 27.2. The number of fused-ring (bicyclic) bond motifs is 14. The Hall–Kier alpha value is -7.82. The fourth-order valence-electron chi connectivity index (χ4n) is 11.6. The summed E-state index contributed by atoms with van der Waals surface area (Å²) in [6.45, 7) is 0. The lowest BCUT2D eigenvalue weighted by Gasteiger charge is -2.43. The minimum Gasteiger partial charge on any atom is -0.455 e.